The molecule has 0 fully saturated rings. The third-order valence-corrected chi connectivity index (χ3v) is 5.71. The number of aryl methyl sites for hydroxylation is 1. The highest BCUT2D eigenvalue weighted by Crippen LogP contribution is 2.28. The van der Waals surface area contributed by atoms with Crippen LogP contribution in [-0.4, -0.2) is 27.5 Å². The van der Waals surface area contributed by atoms with Gasteiger partial charge in [-0.05, 0) is 31.2 Å². The zero-order valence-corrected chi connectivity index (χ0v) is 16.2. The molecule has 1 aromatic heterocycles. The molecule has 1 heterocycles. The second kappa shape index (κ2) is 8.71. The van der Waals surface area contributed by atoms with E-state index in [0.717, 1.165) is 21.5 Å². The number of nitrogens with zero attached hydrogens (tertiary/aromatic N) is 2. The topological polar surface area (TPSA) is 86.0 Å². The molecule has 0 spiro atoms. The minimum absolute atomic E-state index is 0.0651. The quantitative estimate of drug-likeness (QED) is 0.464. The number of carbonyl (C=O) groups is 1. The van der Waals surface area contributed by atoms with Crippen molar-refractivity contribution in [1.29, 1.82) is 5.26 Å². The summed E-state index contributed by atoms with van der Waals surface area (Å²) in [6, 6.07) is 17.1. The van der Waals surface area contributed by atoms with Gasteiger partial charge < -0.3 is 10.4 Å². The number of thiazole rings is 1. The second-order valence-electron chi connectivity index (χ2n) is 5.83. The number of amides is 1. The van der Waals surface area contributed by atoms with Gasteiger partial charge in [-0.3, -0.25) is 4.79 Å². The summed E-state index contributed by atoms with van der Waals surface area (Å²) in [5.74, 6) is 0.122. The van der Waals surface area contributed by atoms with E-state index in [4.69, 9.17) is 0 Å². The lowest BCUT2D eigenvalue weighted by Gasteiger charge is -2.06. The molecule has 0 bridgehead atoms. The molecule has 0 radical (unpaired) electrons. The van der Waals surface area contributed by atoms with E-state index in [0.29, 0.717) is 5.01 Å². The maximum absolute atomic E-state index is 12.0. The van der Waals surface area contributed by atoms with E-state index in [1.54, 1.807) is 0 Å². The Morgan fingerprint density at radius 2 is 1.96 bits per heavy atom. The number of aromatic nitrogens is 1. The first-order valence-electron chi connectivity index (χ1n) is 8.19. The van der Waals surface area contributed by atoms with Crippen LogP contribution in [0.25, 0.3) is 15.8 Å². The monoisotopic (exact) mass is 395 g/mol. The zero-order valence-electron chi connectivity index (χ0n) is 14.6. The molecule has 3 rings (SSSR count). The lowest BCUT2D eigenvalue weighted by molar-refractivity contribution is -0.113. The number of carbonyl (C=O) groups excluding carboxylic acids is 1. The Kier molecular flexibility index (Phi) is 6.12. The first kappa shape index (κ1) is 19.0. The van der Waals surface area contributed by atoms with Crippen LogP contribution in [0.2, 0.25) is 0 Å². The molecule has 136 valence electrons. The van der Waals surface area contributed by atoms with Crippen molar-refractivity contribution < 1.29 is 9.90 Å². The molecule has 0 saturated carbocycles. The van der Waals surface area contributed by atoms with E-state index < -0.39 is 0 Å². The van der Waals surface area contributed by atoms with Crippen LogP contribution >= 0.6 is 23.1 Å². The van der Waals surface area contributed by atoms with Crippen LogP contribution in [0.4, 0.5) is 5.69 Å². The van der Waals surface area contributed by atoms with E-state index in [9.17, 15) is 15.2 Å². The van der Waals surface area contributed by atoms with Gasteiger partial charge in [-0.2, -0.15) is 5.26 Å². The lowest BCUT2D eigenvalue weighted by atomic mass is 10.2. The largest absolute Gasteiger partial charge is 0.510 e. The van der Waals surface area contributed by atoms with E-state index in [2.05, 4.69) is 10.3 Å². The number of aliphatic hydroxyl groups is 1. The van der Waals surface area contributed by atoms with E-state index >= 15 is 0 Å². The highest BCUT2D eigenvalue weighted by molar-refractivity contribution is 8.00. The highest BCUT2D eigenvalue weighted by atomic mass is 32.2. The van der Waals surface area contributed by atoms with Gasteiger partial charge in [0.15, 0.2) is 0 Å². The third-order valence-electron chi connectivity index (χ3n) is 3.72. The van der Waals surface area contributed by atoms with E-state index in [1.165, 1.54) is 23.1 Å². The summed E-state index contributed by atoms with van der Waals surface area (Å²) < 4.78 is 0.957. The van der Waals surface area contributed by atoms with Crippen molar-refractivity contribution in [2.45, 2.75) is 6.92 Å². The van der Waals surface area contributed by atoms with Crippen molar-refractivity contribution in [2.75, 3.05) is 16.8 Å². The van der Waals surface area contributed by atoms with Gasteiger partial charge in [0.1, 0.15) is 22.4 Å². The Hall–Kier alpha value is -2.82. The number of anilines is 1. The van der Waals surface area contributed by atoms with Crippen molar-refractivity contribution in [3.63, 3.8) is 0 Å². The molecule has 0 aliphatic rings. The molecule has 27 heavy (non-hydrogen) atoms. The fraction of sp³-hybridized carbons (Fsp3) is 0.150. The van der Waals surface area contributed by atoms with Gasteiger partial charge in [-0.1, -0.05) is 29.8 Å². The summed E-state index contributed by atoms with van der Waals surface area (Å²) in [7, 11) is 0. The minimum Gasteiger partial charge on any atom is -0.510 e. The zero-order chi connectivity index (χ0) is 19.2. The summed E-state index contributed by atoms with van der Waals surface area (Å²) in [5.41, 5.74) is 2.81. The number of nitrogens with one attached hydrogen (secondary N) is 1. The molecule has 1 amide bonds. The van der Waals surface area contributed by atoms with Gasteiger partial charge in [-0.15, -0.1) is 23.1 Å². The maximum atomic E-state index is 12.0. The summed E-state index contributed by atoms with van der Waals surface area (Å²) in [5, 5.41) is 23.0. The van der Waals surface area contributed by atoms with Gasteiger partial charge in [0.25, 0.3) is 0 Å². The minimum atomic E-state index is -0.157. The van der Waals surface area contributed by atoms with Crippen molar-refractivity contribution in [1.82, 2.24) is 4.98 Å². The van der Waals surface area contributed by atoms with Crippen LogP contribution in [-0.2, 0) is 4.79 Å². The maximum Gasteiger partial charge on any atom is 0.234 e. The van der Waals surface area contributed by atoms with Crippen molar-refractivity contribution >= 4 is 50.5 Å². The molecular weight excluding hydrogens is 378 g/mol. The number of hydrogen-bond donors (Lipinski definition) is 2. The fourth-order valence-electron chi connectivity index (χ4n) is 2.36. The Bertz CT molecular complexity index is 1000. The number of thioether (sulfide) groups is 1. The first-order chi connectivity index (χ1) is 13.1. The standard InChI is InChI=1S/C20H17N3O2S2/c1-13-6-8-14(9-7-13)22-19(25)12-26-11-17(24)15(10-21)20-23-16-4-2-3-5-18(16)27-20/h2-9,24H,11-12H2,1H3,(H,22,25)/b17-15-. The summed E-state index contributed by atoms with van der Waals surface area (Å²) in [6.07, 6.45) is 0. The first-order valence-corrected chi connectivity index (χ1v) is 10.2. The molecule has 0 atom stereocenters. The Morgan fingerprint density at radius 1 is 1.22 bits per heavy atom. The van der Waals surface area contributed by atoms with Crippen LogP contribution in [0.5, 0.6) is 0 Å². The van der Waals surface area contributed by atoms with Crippen molar-refractivity contribution in [3.05, 3.63) is 64.9 Å². The number of aliphatic hydroxyl groups excluding tert-OH is 1. The molecular formula is C20H17N3O2S2. The molecule has 0 saturated heterocycles. The number of allylic oxidation sites excluding steroid dienone is 1. The van der Waals surface area contributed by atoms with Crippen molar-refractivity contribution in [3.8, 4) is 6.07 Å². The predicted octanol–water partition coefficient (Wildman–Crippen LogP) is 4.77. The van der Waals surface area contributed by atoms with Gasteiger partial charge >= 0.3 is 0 Å². The molecule has 7 heteroatoms. The number of hydrogen-bond acceptors (Lipinski definition) is 6. The number of fused-ring (bicyclic) bond motifs is 1. The number of nitriles is 1. The molecule has 0 aliphatic carbocycles. The molecule has 2 aromatic carbocycles. The average Bonchev–Trinajstić information content (AvgIpc) is 3.08. The van der Waals surface area contributed by atoms with Crippen LogP contribution in [0.1, 0.15) is 10.6 Å². The van der Waals surface area contributed by atoms with E-state index in [-0.39, 0.29) is 28.7 Å². The summed E-state index contributed by atoms with van der Waals surface area (Å²) in [6.45, 7) is 1.98. The lowest BCUT2D eigenvalue weighted by Crippen LogP contribution is -2.14. The average molecular weight is 396 g/mol. The second-order valence-corrected chi connectivity index (χ2v) is 7.84. The molecule has 3 aromatic rings. The SMILES string of the molecule is Cc1ccc(NC(=O)CSC/C(O)=C(\C#N)c2nc3ccccc3s2)cc1. The Labute approximate surface area is 165 Å². The van der Waals surface area contributed by atoms with Gasteiger partial charge in [0.2, 0.25) is 5.91 Å². The molecule has 0 unspecified atom stereocenters. The van der Waals surface area contributed by atoms with Crippen LogP contribution < -0.4 is 5.32 Å². The fourth-order valence-corrected chi connectivity index (χ4v) is 4.04. The summed E-state index contributed by atoms with van der Waals surface area (Å²) >= 11 is 2.60. The normalized spacial score (nSPS) is 11.7. The molecule has 5 nitrogen and oxygen atoms in total. The number of para-hydroxylation sites is 1. The highest BCUT2D eigenvalue weighted by Gasteiger charge is 2.14. The summed E-state index contributed by atoms with van der Waals surface area (Å²) in [4.78, 5) is 16.4. The third kappa shape index (κ3) is 4.88. The van der Waals surface area contributed by atoms with E-state index in [1.807, 2.05) is 61.5 Å². The number of benzene rings is 2. The van der Waals surface area contributed by atoms with Crippen molar-refractivity contribution in [2.24, 2.45) is 0 Å². The Balaban J connectivity index is 1.60. The van der Waals surface area contributed by atoms with Gasteiger partial charge in [0.05, 0.1) is 21.7 Å². The molecule has 0 aliphatic heterocycles. The van der Waals surface area contributed by atoms with Gasteiger partial charge in [0, 0.05) is 5.69 Å². The smallest absolute Gasteiger partial charge is 0.234 e. The van der Waals surface area contributed by atoms with Gasteiger partial charge in [-0.25, -0.2) is 4.98 Å². The van der Waals surface area contributed by atoms with Crippen LogP contribution in [0.15, 0.2) is 54.3 Å². The predicted molar refractivity (Wildman–Crippen MR) is 112 cm³/mol. The van der Waals surface area contributed by atoms with Crippen LogP contribution in [0, 0.1) is 18.3 Å². The number of rotatable bonds is 6. The Morgan fingerprint density at radius 3 is 2.67 bits per heavy atom. The van der Waals surface area contributed by atoms with Crippen LogP contribution in [0.3, 0.4) is 0 Å². The molecule has 2 N–H and O–H groups in total.